The van der Waals surface area contributed by atoms with E-state index in [1.165, 1.54) is 0 Å². The van der Waals surface area contributed by atoms with Gasteiger partial charge in [0.15, 0.2) is 11.9 Å². The molecule has 4 nitrogen and oxygen atoms in total. The molecule has 4 heteroatoms. The Kier molecular flexibility index (Phi) is 3.17. The highest BCUT2D eigenvalue weighted by Gasteiger charge is 2.42. The highest BCUT2D eigenvalue weighted by atomic mass is 16.5. The van der Waals surface area contributed by atoms with Crippen molar-refractivity contribution in [3.8, 4) is 5.75 Å². The second-order valence-electron chi connectivity index (χ2n) is 4.53. The molecule has 3 rings (SSSR count). The number of carbonyl (C=O) groups is 1. The van der Waals surface area contributed by atoms with Gasteiger partial charge in [0.2, 0.25) is 0 Å². The number of aromatic nitrogens is 1. The second kappa shape index (κ2) is 4.97. The van der Waals surface area contributed by atoms with Crippen LogP contribution in [0.3, 0.4) is 0 Å². The number of ketones is 1. The molecule has 0 spiro atoms. The van der Waals surface area contributed by atoms with Gasteiger partial charge in [-0.25, -0.2) is 0 Å². The van der Waals surface area contributed by atoms with Crippen molar-refractivity contribution in [2.75, 3.05) is 6.61 Å². The fraction of sp³-hybridized carbons (Fsp3) is 0.333. The van der Waals surface area contributed by atoms with Crippen LogP contribution in [0.2, 0.25) is 0 Å². The zero-order valence-electron chi connectivity index (χ0n) is 10.7. The number of benzene rings is 1. The molecule has 0 saturated heterocycles. The molecule has 0 amide bonds. The van der Waals surface area contributed by atoms with Gasteiger partial charge in [-0.15, -0.1) is 0 Å². The number of rotatable bonds is 4. The molecule has 2 atom stereocenters. The molecule has 0 N–H and O–H groups in total. The van der Waals surface area contributed by atoms with Crippen LogP contribution >= 0.6 is 0 Å². The normalized spacial score (nSPS) is 22.3. The molecule has 1 aromatic heterocycles. The predicted octanol–water partition coefficient (Wildman–Crippen LogP) is 2.36. The van der Waals surface area contributed by atoms with Crippen LogP contribution in [-0.2, 0) is 9.53 Å². The average Bonchev–Trinajstić information content (AvgIpc) is 2.45. The van der Waals surface area contributed by atoms with Gasteiger partial charge in [0.25, 0.3) is 0 Å². The zero-order chi connectivity index (χ0) is 13.2. The van der Waals surface area contributed by atoms with Gasteiger partial charge in [-0.2, -0.15) is 0 Å². The van der Waals surface area contributed by atoms with Gasteiger partial charge in [0.1, 0.15) is 17.4 Å². The van der Waals surface area contributed by atoms with Crippen molar-refractivity contribution in [3.05, 3.63) is 36.5 Å². The monoisotopic (exact) mass is 257 g/mol. The fourth-order valence-electron chi connectivity index (χ4n) is 2.29. The van der Waals surface area contributed by atoms with Crippen molar-refractivity contribution in [2.24, 2.45) is 0 Å². The van der Waals surface area contributed by atoms with Crippen LogP contribution in [0.4, 0.5) is 0 Å². The molecule has 98 valence electrons. The number of Topliss-reactive ketones (excluding diaryl/α,β-unsaturated/α-hetero) is 1. The first-order chi connectivity index (χ1) is 9.29. The van der Waals surface area contributed by atoms with E-state index in [9.17, 15) is 4.79 Å². The van der Waals surface area contributed by atoms with E-state index in [4.69, 9.17) is 9.47 Å². The Morgan fingerprint density at radius 3 is 2.95 bits per heavy atom. The number of para-hydroxylation sites is 1. The number of ether oxygens (including phenoxy) is 2. The molecule has 2 unspecified atom stereocenters. The molecule has 2 aromatic rings. The van der Waals surface area contributed by atoms with Gasteiger partial charge in [0.05, 0.1) is 0 Å². The van der Waals surface area contributed by atoms with Gasteiger partial charge < -0.3 is 9.47 Å². The molecule has 1 aliphatic rings. The summed E-state index contributed by atoms with van der Waals surface area (Å²) in [5.41, 5.74) is 0.819. The standard InChI is InChI=1S/C15H15NO3/c1-2-18-15-11(17)9-13(15)19-12-7-3-5-10-6-4-8-16-14(10)12/h3-8,13,15H,2,9H2,1H3. The van der Waals surface area contributed by atoms with Gasteiger partial charge in [-0.05, 0) is 19.1 Å². The lowest BCUT2D eigenvalue weighted by molar-refractivity contribution is -0.154. The number of carbonyl (C=O) groups excluding carboxylic acids is 1. The lowest BCUT2D eigenvalue weighted by atomic mass is 9.90. The largest absolute Gasteiger partial charge is 0.484 e. The Hall–Kier alpha value is -1.94. The summed E-state index contributed by atoms with van der Waals surface area (Å²) in [7, 11) is 0. The zero-order valence-corrected chi connectivity index (χ0v) is 10.7. The number of pyridine rings is 1. The Balaban J connectivity index is 1.84. The number of hydrogen-bond donors (Lipinski definition) is 0. The smallest absolute Gasteiger partial charge is 0.169 e. The predicted molar refractivity (Wildman–Crippen MR) is 71.2 cm³/mol. The summed E-state index contributed by atoms with van der Waals surface area (Å²) in [5.74, 6) is 0.820. The fourth-order valence-corrected chi connectivity index (χ4v) is 2.29. The third kappa shape index (κ3) is 2.19. The summed E-state index contributed by atoms with van der Waals surface area (Å²) < 4.78 is 11.3. The van der Waals surface area contributed by atoms with Crippen LogP contribution < -0.4 is 4.74 Å². The van der Waals surface area contributed by atoms with Crippen molar-refractivity contribution in [3.63, 3.8) is 0 Å². The van der Waals surface area contributed by atoms with Crippen LogP contribution in [0.5, 0.6) is 5.75 Å². The first kappa shape index (κ1) is 12.1. The molecule has 1 heterocycles. The van der Waals surface area contributed by atoms with Crippen molar-refractivity contribution in [1.82, 2.24) is 4.98 Å². The van der Waals surface area contributed by atoms with E-state index in [2.05, 4.69) is 4.98 Å². The van der Waals surface area contributed by atoms with E-state index in [-0.39, 0.29) is 11.9 Å². The van der Waals surface area contributed by atoms with E-state index >= 15 is 0 Å². The first-order valence-electron chi connectivity index (χ1n) is 6.44. The molecule has 1 saturated carbocycles. The summed E-state index contributed by atoms with van der Waals surface area (Å²) in [5, 5.41) is 1.03. The van der Waals surface area contributed by atoms with E-state index < -0.39 is 6.10 Å². The van der Waals surface area contributed by atoms with Crippen LogP contribution in [0, 0.1) is 0 Å². The summed E-state index contributed by atoms with van der Waals surface area (Å²) in [6.45, 7) is 2.40. The highest BCUT2D eigenvalue weighted by Crippen LogP contribution is 2.29. The van der Waals surface area contributed by atoms with Crippen LogP contribution in [0.15, 0.2) is 36.5 Å². The Labute approximate surface area is 111 Å². The lowest BCUT2D eigenvalue weighted by Crippen LogP contribution is -2.52. The van der Waals surface area contributed by atoms with Crippen LogP contribution in [0.1, 0.15) is 13.3 Å². The molecule has 1 fully saturated rings. The quantitative estimate of drug-likeness (QED) is 0.843. The van der Waals surface area contributed by atoms with E-state index in [1.54, 1.807) is 6.20 Å². The molecule has 0 bridgehead atoms. The molecular weight excluding hydrogens is 242 g/mol. The maximum Gasteiger partial charge on any atom is 0.169 e. The lowest BCUT2D eigenvalue weighted by Gasteiger charge is -2.34. The van der Waals surface area contributed by atoms with Gasteiger partial charge in [-0.1, -0.05) is 18.2 Å². The number of nitrogens with zero attached hydrogens (tertiary/aromatic N) is 1. The summed E-state index contributed by atoms with van der Waals surface area (Å²) in [6.07, 6.45) is 1.53. The Morgan fingerprint density at radius 2 is 2.16 bits per heavy atom. The summed E-state index contributed by atoms with van der Waals surface area (Å²) in [4.78, 5) is 15.8. The molecule has 0 radical (unpaired) electrons. The average molecular weight is 257 g/mol. The van der Waals surface area contributed by atoms with Crippen molar-refractivity contribution >= 4 is 16.7 Å². The van der Waals surface area contributed by atoms with Crippen LogP contribution in [0.25, 0.3) is 10.9 Å². The van der Waals surface area contributed by atoms with Gasteiger partial charge >= 0.3 is 0 Å². The minimum absolute atomic E-state index is 0.111. The van der Waals surface area contributed by atoms with E-state index in [0.29, 0.717) is 18.8 Å². The van der Waals surface area contributed by atoms with E-state index in [0.717, 1.165) is 10.9 Å². The van der Waals surface area contributed by atoms with Crippen molar-refractivity contribution < 1.29 is 14.3 Å². The van der Waals surface area contributed by atoms with Crippen LogP contribution in [-0.4, -0.2) is 29.6 Å². The third-order valence-corrected chi connectivity index (χ3v) is 3.28. The third-order valence-electron chi connectivity index (χ3n) is 3.28. The molecule has 0 aliphatic heterocycles. The SMILES string of the molecule is CCOC1C(=O)CC1Oc1cccc2cccnc12. The molecular formula is C15H15NO3. The second-order valence-corrected chi connectivity index (χ2v) is 4.53. The minimum atomic E-state index is -0.427. The number of fused-ring (bicyclic) bond motifs is 1. The summed E-state index contributed by atoms with van der Waals surface area (Å²) >= 11 is 0. The minimum Gasteiger partial charge on any atom is -0.484 e. The first-order valence-corrected chi connectivity index (χ1v) is 6.44. The molecule has 19 heavy (non-hydrogen) atoms. The Bertz CT molecular complexity index is 606. The molecule has 1 aromatic carbocycles. The number of hydrogen-bond acceptors (Lipinski definition) is 4. The van der Waals surface area contributed by atoms with Crippen molar-refractivity contribution in [2.45, 2.75) is 25.6 Å². The van der Waals surface area contributed by atoms with Crippen molar-refractivity contribution in [1.29, 1.82) is 0 Å². The van der Waals surface area contributed by atoms with E-state index in [1.807, 2.05) is 37.3 Å². The maximum atomic E-state index is 11.5. The maximum absolute atomic E-state index is 11.5. The Morgan fingerprint density at radius 1 is 1.32 bits per heavy atom. The highest BCUT2D eigenvalue weighted by molar-refractivity contribution is 5.91. The molecule has 1 aliphatic carbocycles. The topological polar surface area (TPSA) is 48.4 Å². The van der Waals surface area contributed by atoms with Gasteiger partial charge in [-0.3, -0.25) is 9.78 Å². The van der Waals surface area contributed by atoms with Gasteiger partial charge in [0, 0.05) is 24.6 Å². The summed E-state index contributed by atoms with van der Waals surface area (Å²) in [6, 6.07) is 9.67.